The van der Waals surface area contributed by atoms with Crippen LogP contribution in [-0.2, 0) is 35.3 Å². The van der Waals surface area contributed by atoms with Gasteiger partial charge in [-0.1, -0.05) is 17.7 Å². The zero-order valence-corrected chi connectivity index (χ0v) is 20.1. The average Bonchev–Trinajstić information content (AvgIpc) is 3.18. The maximum absolute atomic E-state index is 11.4. The van der Waals surface area contributed by atoms with E-state index in [4.69, 9.17) is 31.0 Å². The molecule has 32 heavy (non-hydrogen) atoms. The van der Waals surface area contributed by atoms with Crippen LogP contribution < -0.4 is 10.1 Å². The number of ether oxygens (including phenoxy) is 2. The number of nitrogens with zero attached hydrogens (tertiary/aromatic N) is 2. The minimum absolute atomic E-state index is 0.173. The van der Waals surface area contributed by atoms with Crippen LogP contribution in [0.1, 0.15) is 53.9 Å². The summed E-state index contributed by atoms with van der Waals surface area (Å²) in [7, 11) is 3.04. The van der Waals surface area contributed by atoms with Gasteiger partial charge in [0.25, 0.3) is 0 Å². The van der Waals surface area contributed by atoms with Crippen molar-refractivity contribution in [2.75, 3.05) is 19.5 Å². The number of rotatable bonds is 9. The van der Waals surface area contributed by atoms with Crippen molar-refractivity contribution in [1.29, 1.82) is 0 Å². The molecule has 0 fully saturated rings. The molecule has 2 heterocycles. The summed E-state index contributed by atoms with van der Waals surface area (Å²) < 4.78 is 9.98. The highest BCUT2D eigenvalue weighted by Crippen LogP contribution is 2.39. The Morgan fingerprint density at radius 1 is 1.19 bits per heavy atom. The predicted octanol–water partition coefficient (Wildman–Crippen LogP) is 5.73. The fourth-order valence-corrected chi connectivity index (χ4v) is 5.66. The summed E-state index contributed by atoms with van der Waals surface area (Å²) in [5.41, 5.74) is 2.47. The van der Waals surface area contributed by atoms with Crippen LogP contribution in [0.2, 0.25) is 5.02 Å². The predicted molar refractivity (Wildman–Crippen MR) is 129 cm³/mol. The Labute approximate surface area is 197 Å². The van der Waals surface area contributed by atoms with Gasteiger partial charge in [-0.25, -0.2) is 9.97 Å². The molecule has 0 unspecified atom stereocenters. The molecule has 170 valence electrons. The van der Waals surface area contributed by atoms with Crippen LogP contribution in [0, 0.1) is 0 Å². The van der Waals surface area contributed by atoms with Crippen molar-refractivity contribution in [3.05, 3.63) is 45.1 Å². The van der Waals surface area contributed by atoms with Crippen molar-refractivity contribution in [1.82, 2.24) is 9.97 Å². The normalized spacial score (nSPS) is 13.1. The van der Waals surface area contributed by atoms with E-state index in [1.165, 1.54) is 35.8 Å². The number of thiophene rings is 1. The lowest BCUT2D eigenvalue weighted by Gasteiger charge is -2.14. The van der Waals surface area contributed by atoms with E-state index in [9.17, 15) is 4.79 Å². The first-order chi connectivity index (χ1) is 15.6. The quantitative estimate of drug-likeness (QED) is 0.316. The van der Waals surface area contributed by atoms with Crippen LogP contribution in [0.3, 0.4) is 0 Å². The van der Waals surface area contributed by atoms with Crippen LogP contribution >= 0.6 is 22.9 Å². The SMILES string of the molecule is COC(=O)CCCCc1nc(NCc2ccc(OC)c(Cl)c2)c2c3c(sc2n1)CCCC3. The fraction of sp³-hybridized carbons (Fsp3) is 0.458. The average molecular weight is 474 g/mol. The van der Waals surface area contributed by atoms with Gasteiger partial charge in [0.1, 0.15) is 22.2 Å². The highest BCUT2D eigenvalue weighted by Gasteiger charge is 2.21. The molecule has 0 atom stereocenters. The van der Waals surface area contributed by atoms with Crippen molar-refractivity contribution >= 4 is 44.9 Å². The van der Waals surface area contributed by atoms with Crippen molar-refractivity contribution < 1.29 is 14.3 Å². The van der Waals surface area contributed by atoms with E-state index in [0.29, 0.717) is 23.7 Å². The second kappa shape index (κ2) is 10.5. The number of nitrogens with one attached hydrogen (secondary N) is 1. The Bertz CT molecular complexity index is 1120. The molecule has 0 saturated carbocycles. The number of aromatic nitrogens is 2. The third kappa shape index (κ3) is 5.15. The number of carbonyl (C=O) groups excluding carboxylic acids is 1. The molecule has 1 aromatic carbocycles. The van der Waals surface area contributed by atoms with Gasteiger partial charge in [0.05, 0.1) is 24.6 Å². The van der Waals surface area contributed by atoms with E-state index in [2.05, 4.69) is 5.32 Å². The molecule has 4 rings (SSSR count). The molecule has 0 radical (unpaired) electrons. The largest absolute Gasteiger partial charge is 0.495 e. The summed E-state index contributed by atoms with van der Waals surface area (Å²) in [6.45, 7) is 0.613. The van der Waals surface area contributed by atoms with E-state index >= 15 is 0 Å². The van der Waals surface area contributed by atoms with E-state index in [1.54, 1.807) is 18.4 Å². The monoisotopic (exact) mass is 473 g/mol. The van der Waals surface area contributed by atoms with Crippen molar-refractivity contribution in [2.45, 2.75) is 57.9 Å². The summed E-state index contributed by atoms with van der Waals surface area (Å²) >= 11 is 8.10. The number of unbranched alkanes of at least 4 members (excludes halogenated alkanes) is 1. The standard InChI is InChI=1S/C24H28ClN3O3S/c1-30-18-12-11-15(13-17(18)25)14-26-23-22-16-7-3-4-8-19(16)32-24(22)28-20(27-23)9-5-6-10-21(29)31-2/h11-13H,3-10,14H2,1-2H3,(H,26,27,28). The summed E-state index contributed by atoms with van der Waals surface area (Å²) in [5, 5.41) is 5.31. The molecule has 2 aromatic heterocycles. The molecule has 0 amide bonds. The molecule has 0 spiro atoms. The third-order valence-corrected chi connectivity index (χ3v) is 7.28. The number of hydrogen-bond donors (Lipinski definition) is 1. The Kier molecular flexibility index (Phi) is 7.48. The Hall–Kier alpha value is -2.38. The van der Waals surface area contributed by atoms with Gasteiger partial charge in [-0.05, 0) is 61.8 Å². The number of hydrogen-bond acceptors (Lipinski definition) is 7. The lowest BCUT2D eigenvalue weighted by atomic mass is 9.97. The second-order valence-electron chi connectivity index (χ2n) is 7.99. The first kappa shape index (κ1) is 22.8. The maximum atomic E-state index is 11.4. The van der Waals surface area contributed by atoms with Gasteiger partial charge >= 0.3 is 5.97 Å². The Balaban J connectivity index is 1.57. The molecule has 1 aliphatic rings. The molecule has 0 bridgehead atoms. The number of methoxy groups -OCH3 is 2. The summed E-state index contributed by atoms with van der Waals surface area (Å²) in [6.07, 6.45) is 7.43. The van der Waals surface area contributed by atoms with E-state index in [1.807, 2.05) is 18.2 Å². The number of carbonyl (C=O) groups is 1. The van der Waals surface area contributed by atoms with Crippen LogP contribution in [0.4, 0.5) is 5.82 Å². The van der Waals surface area contributed by atoms with Crippen LogP contribution in [0.15, 0.2) is 18.2 Å². The molecule has 0 saturated heterocycles. The summed E-state index contributed by atoms with van der Waals surface area (Å²) in [4.78, 5) is 23.7. The second-order valence-corrected chi connectivity index (χ2v) is 9.48. The topological polar surface area (TPSA) is 73.3 Å². The first-order valence-electron chi connectivity index (χ1n) is 11.0. The number of anilines is 1. The lowest BCUT2D eigenvalue weighted by Crippen LogP contribution is -2.07. The third-order valence-electron chi connectivity index (χ3n) is 5.80. The van der Waals surface area contributed by atoms with Gasteiger partial charge in [-0.15, -0.1) is 11.3 Å². The van der Waals surface area contributed by atoms with Gasteiger partial charge in [-0.3, -0.25) is 4.79 Å². The number of halogens is 1. The highest BCUT2D eigenvalue weighted by atomic mass is 35.5. The summed E-state index contributed by atoms with van der Waals surface area (Å²) in [5.74, 6) is 2.20. The number of aryl methyl sites for hydroxylation is 3. The van der Waals surface area contributed by atoms with E-state index < -0.39 is 0 Å². The molecule has 8 heteroatoms. The van der Waals surface area contributed by atoms with Gasteiger partial charge in [0.2, 0.25) is 0 Å². The smallest absolute Gasteiger partial charge is 0.305 e. The maximum Gasteiger partial charge on any atom is 0.305 e. The minimum atomic E-state index is -0.173. The molecule has 1 N–H and O–H groups in total. The van der Waals surface area contributed by atoms with Gasteiger partial charge in [-0.2, -0.15) is 0 Å². The molecular formula is C24H28ClN3O3S. The first-order valence-corrected chi connectivity index (χ1v) is 12.2. The zero-order valence-electron chi connectivity index (χ0n) is 18.5. The van der Waals surface area contributed by atoms with Gasteiger partial charge in [0.15, 0.2) is 0 Å². The zero-order chi connectivity index (χ0) is 22.5. The number of fused-ring (bicyclic) bond motifs is 3. The number of esters is 1. The van der Waals surface area contributed by atoms with Crippen molar-refractivity contribution in [3.8, 4) is 5.75 Å². The molecule has 6 nitrogen and oxygen atoms in total. The Morgan fingerprint density at radius 2 is 2.03 bits per heavy atom. The van der Waals surface area contributed by atoms with Gasteiger partial charge < -0.3 is 14.8 Å². The summed E-state index contributed by atoms with van der Waals surface area (Å²) in [6, 6.07) is 5.81. The van der Waals surface area contributed by atoms with Crippen LogP contribution in [0.5, 0.6) is 5.75 Å². The highest BCUT2D eigenvalue weighted by molar-refractivity contribution is 7.19. The minimum Gasteiger partial charge on any atom is -0.495 e. The van der Waals surface area contributed by atoms with Crippen molar-refractivity contribution in [2.24, 2.45) is 0 Å². The van der Waals surface area contributed by atoms with Gasteiger partial charge in [0, 0.05) is 24.3 Å². The van der Waals surface area contributed by atoms with E-state index in [-0.39, 0.29) is 5.97 Å². The molecule has 0 aliphatic heterocycles. The molecular weight excluding hydrogens is 446 g/mol. The Morgan fingerprint density at radius 3 is 2.81 bits per heavy atom. The fourth-order valence-electron chi connectivity index (χ4n) is 4.10. The lowest BCUT2D eigenvalue weighted by molar-refractivity contribution is -0.140. The van der Waals surface area contributed by atoms with Crippen LogP contribution in [-0.4, -0.2) is 30.2 Å². The van der Waals surface area contributed by atoms with Crippen molar-refractivity contribution in [3.63, 3.8) is 0 Å². The van der Waals surface area contributed by atoms with Crippen LogP contribution in [0.25, 0.3) is 10.2 Å². The van der Waals surface area contributed by atoms with E-state index in [0.717, 1.165) is 54.1 Å². The molecule has 1 aliphatic carbocycles. The molecule has 3 aromatic rings. The number of benzene rings is 1.